The predicted molar refractivity (Wildman–Crippen MR) is 225 cm³/mol. The zero-order chi connectivity index (χ0) is 44.4. The number of rotatable bonds is 12. The van der Waals surface area contributed by atoms with Crippen molar-refractivity contribution in [3.63, 3.8) is 0 Å². The van der Waals surface area contributed by atoms with Crippen molar-refractivity contribution in [2.75, 3.05) is 0 Å². The quantitative estimate of drug-likeness (QED) is 0.161. The molecule has 1 aliphatic heterocycles. The number of esters is 2. The van der Waals surface area contributed by atoms with E-state index in [1.165, 1.54) is 0 Å². The predicted octanol–water partition coefficient (Wildman–Crippen LogP) is 5.35. The standard InChI is InChI=1S/C44H79N5O9/c1-15-19-31-28(12)39(51)47-33(21-17-3)30(14)41(53)49-36(25(7)8)43(55)58-37(26(9)10)44(56)57-35(23-24(5)6)42(54)48-34(22-18-4)29(13)40(52)46-32(20-16-2)27(11)38(50)45-31/h24-37H,15-23H2,1-14H3,(H,45,50)(H,46,52)(H,47,51)(H,48,54)(H,49,53)/t27-,28-,29-,30-,31?,32-,33-,34-,35-,36-,37+/m1/s1. The third kappa shape index (κ3) is 16.2. The lowest BCUT2D eigenvalue weighted by Gasteiger charge is -2.32. The molecule has 0 spiro atoms. The minimum absolute atomic E-state index is 0.0591. The molecule has 0 aliphatic carbocycles. The lowest BCUT2D eigenvalue weighted by Crippen LogP contribution is -2.55. The van der Waals surface area contributed by atoms with E-state index >= 15 is 0 Å². The van der Waals surface area contributed by atoms with Crippen LogP contribution in [-0.2, 0) is 43.0 Å². The summed E-state index contributed by atoms with van der Waals surface area (Å²) >= 11 is 0. The minimum Gasteiger partial charge on any atom is -0.450 e. The first-order valence-corrected chi connectivity index (χ1v) is 22.1. The van der Waals surface area contributed by atoms with Crippen LogP contribution in [0.25, 0.3) is 0 Å². The topological polar surface area (TPSA) is 198 Å². The second-order valence-electron chi connectivity index (χ2n) is 17.7. The van der Waals surface area contributed by atoms with Crippen LogP contribution in [0.4, 0.5) is 0 Å². The fourth-order valence-corrected chi connectivity index (χ4v) is 7.26. The van der Waals surface area contributed by atoms with Gasteiger partial charge in [-0.1, -0.05) is 123 Å². The zero-order valence-corrected chi connectivity index (χ0v) is 38.1. The van der Waals surface area contributed by atoms with Gasteiger partial charge in [-0.2, -0.15) is 0 Å². The highest BCUT2D eigenvalue weighted by atomic mass is 16.6. The maximum absolute atomic E-state index is 13.9. The second-order valence-corrected chi connectivity index (χ2v) is 17.7. The Bertz CT molecular complexity index is 1350. The molecule has 5 N–H and O–H groups in total. The Balaban J connectivity index is 3.82. The molecule has 14 nitrogen and oxygen atoms in total. The third-order valence-corrected chi connectivity index (χ3v) is 11.3. The summed E-state index contributed by atoms with van der Waals surface area (Å²) in [6.07, 6.45) is 2.26. The molecular formula is C44H79N5O9. The van der Waals surface area contributed by atoms with Crippen molar-refractivity contribution in [1.82, 2.24) is 26.6 Å². The van der Waals surface area contributed by atoms with E-state index in [1.807, 2.05) is 41.5 Å². The number of ether oxygens (including phenoxy) is 2. The normalized spacial score (nSPS) is 31.0. The average molecular weight is 822 g/mol. The van der Waals surface area contributed by atoms with Gasteiger partial charge in [-0.25, -0.2) is 9.59 Å². The Morgan fingerprint density at radius 1 is 0.448 bits per heavy atom. The van der Waals surface area contributed by atoms with Gasteiger partial charge >= 0.3 is 11.9 Å². The number of cyclic esters (lactones) is 2. The lowest BCUT2D eigenvalue weighted by atomic mass is 9.90. The maximum Gasteiger partial charge on any atom is 0.348 e. The van der Waals surface area contributed by atoms with Crippen molar-refractivity contribution < 1.29 is 43.0 Å². The van der Waals surface area contributed by atoms with Crippen LogP contribution >= 0.6 is 0 Å². The summed E-state index contributed by atoms with van der Waals surface area (Å²) in [4.78, 5) is 96.9. The summed E-state index contributed by atoms with van der Waals surface area (Å²) in [6.45, 7) is 25.4. The van der Waals surface area contributed by atoms with E-state index in [0.29, 0.717) is 51.4 Å². The van der Waals surface area contributed by atoms with Gasteiger partial charge in [0.1, 0.15) is 6.04 Å². The average Bonchev–Trinajstić information content (AvgIpc) is 3.15. The molecule has 58 heavy (non-hydrogen) atoms. The summed E-state index contributed by atoms with van der Waals surface area (Å²) < 4.78 is 11.6. The van der Waals surface area contributed by atoms with Crippen molar-refractivity contribution in [2.45, 2.75) is 197 Å². The molecule has 0 saturated carbocycles. The Hall–Kier alpha value is -3.71. The Labute approximate surface area is 349 Å². The van der Waals surface area contributed by atoms with Crippen LogP contribution in [0.1, 0.15) is 155 Å². The molecule has 14 heteroatoms. The summed E-state index contributed by atoms with van der Waals surface area (Å²) in [5, 5.41) is 15.0. The minimum atomic E-state index is -1.38. The fourth-order valence-electron chi connectivity index (χ4n) is 7.26. The molecule has 0 aromatic carbocycles. The van der Waals surface area contributed by atoms with Crippen molar-refractivity contribution in [3.8, 4) is 0 Å². The molecule has 334 valence electrons. The summed E-state index contributed by atoms with van der Waals surface area (Å²) in [7, 11) is 0. The molecular weight excluding hydrogens is 743 g/mol. The van der Waals surface area contributed by atoms with Crippen molar-refractivity contribution >= 4 is 41.5 Å². The number of carbonyl (C=O) groups is 7. The zero-order valence-electron chi connectivity index (χ0n) is 38.1. The van der Waals surface area contributed by atoms with E-state index < -0.39 is 102 Å². The first kappa shape index (κ1) is 52.3. The Kier molecular flexibility index (Phi) is 23.2. The van der Waals surface area contributed by atoms with Gasteiger partial charge in [-0.15, -0.1) is 0 Å². The van der Waals surface area contributed by atoms with Crippen LogP contribution in [0, 0.1) is 41.4 Å². The molecule has 0 aromatic heterocycles. The molecule has 1 fully saturated rings. The van der Waals surface area contributed by atoms with E-state index in [-0.39, 0.29) is 30.1 Å². The largest absolute Gasteiger partial charge is 0.450 e. The molecule has 0 radical (unpaired) electrons. The first-order chi connectivity index (χ1) is 27.1. The number of hydrogen-bond acceptors (Lipinski definition) is 9. The monoisotopic (exact) mass is 822 g/mol. The van der Waals surface area contributed by atoms with Gasteiger partial charge in [0.15, 0.2) is 6.10 Å². The Morgan fingerprint density at radius 2 is 0.776 bits per heavy atom. The van der Waals surface area contributed by atoms with E-state index in [1.54, 1.807) is 55.4 Å². The van der Waals surface area contributed by atoms with Gasteiger partial charge in [-0.05, 0) is 43.9 Å². The maximum atomic E-state index is 13.9. The van der Waals surface area contributed by atoms with E-state index in [2.05, 4.69) is 26.6 Å². The van der Waals surface area contributed by atoms with Crippen LogP contribution in [0.5, 0.6) is 0 Å². The molecule has 5 amide bonds. The van der Waals surface area contributed by atoms with Gasteiger partial charge in [0.05, 0.1) is 23.7 Å². The number of hydrogen-bond donors (Lipinski definition) is 5. The fraction of sp³-hybridized carbons (Fsp3) is 0.841. The van der Waals surface area contributed by atoms with E-state index in [9.17, 15) is 33.6 Å². The number of carbonyl (C=O) groups excluding carboxylic acids is 7. The van der Waals surface area contributed by atoms with E-state index in [0.717, 1.165) is 0 Å². The molecule has 11 atom stereocenters. The highest BCUT2D eigenvalue weighted by molar-refractivity contribution is 5.90. The molecule has 1 rings (SSSR count). The van der Waals surface area contributed by atoms with Crippen LogP contribution in [0.15, 0.2) is 0 Å². The number of nitrogens with one attached hydrogen (secondary N) is 5. The van der Waals surface area contributed by atoms with Crippen molar-refractivity contribution in [3.05, 3.63) is 0 Å². The van der Waals surface area contributed by atoms with Gasteiger partial charge in [0, 0.05) is 30.1 Å². The molecule has 0 aromatic rings. The Morgan fingerprint density at radius 3 is 1.07 bits per heavy atom. The number of amides is 5. The second kappa shape index (κ2) is 25.7. The van der Waals surface area contributed by atoms with Crippen LogP contribution < -0.4 is 26.6 Å². The van der Waals surface area contributed by atoms with Crippen LogP contribution in [0.2, 0.25) is 0 Å². The SMILES string of the molecule is CCCC1NC(=O)[C@H](C)[C@@H](CCC)NC(=O)[C@H](C)[C@@H](CCC)NC(=O)[C@@H](CC(C)C)OC(=O)[C@H](C(C)C)OC(=O)[C@@H](C(C)C)NC(=O)[C@H](C)[C@@H](CCC)NC(=O)[C@@H]1C. The molecule has 0 bridgehead atoms. The summed E-state index contributed by atoms with van der Waals surface area (Å²) in [6, 6.07) is -3.37. The smallest absolute Gasteiger partial charge is 0.348 e. The van der Waals surface area contributed by atoms with Gasteiger partial charge in [0.25, 0.3) is 5.91 Å². The summed E-state index contributed by atoms with van der Waals surface area (Å²) in [5.41, 5.74) is 0. The lowest BCUT2D eigenvalue weighted by molar-refractivity contribution is -0.178. The van der Waals surface area contributed by atoms with Gasteiger partial charge < -0.3 is 36.1 Å². The van der Waals surface area contributed by atoms with Crippen molar-refractivity contribution in [2.24, 2.45) is 41.4 Å². The summed E-state index contributed by atoms with van der Waals surface area (Å²) in [5.74, 6) is -7.49. The third-order valence-electron chi connectivity index (χ3n) is 11.3. The molecule has 1 saturated heterocycles. The highest BCUT2D eigenvalue weighted by Crippen LogP contribution is 2.21. The molecule has 1 unspecified atom stereocenters. The highest BCUT2D eigenvalue weighted by Gasteiger charge is 2.39. The van der Waals surface area contributed by atoms with Crippen molar-refractivity contribution in [1.29, 1.82) is 0 Å². The van der Waals surface area contributed by atoms with Crippen LogP contribution in [-0.4, -0.2) is 83.9 Å². The first-order valence-electron chi connectivity index (χ1n) is 22.1. The molecule has 1 aliphatic rings. The molecule has 1 heterocycles. The van der Waals surface area contributed by atoms with Gasteiger partial charge in [0.2, 0.25) is 29.7 Å². The van der Waals surface area contributed by atoms with Gasteiger partial charge in [-0.3, -0.25) is 24.0 Å². The van der Waals surface area contributed by atoms with E-state index in [4.69, 9.17) is 9.47 Å². The van der Waals surface area contributed by atoms with Crippen LogP contribution in [0.3, 0.4) is 0 Å².